The van der Waals surface area contributed by atoms with Crippen molar-refractivity contribution in [2.24, 2.45) is 0 Å². The summed E-state index contributed by atoms with van der Waals surface area (Å²) in [6.07, 6.45) is 1.71. The van der Waals surface area contributed by atoms with Gasteiger partial charge in [0.2, 0.25) is 10.0 Å². The zero-order valence-electron chi connectivity index (χ0n) is 19.4. The SMILES string of the molecule is CCN1CCN(S(=O)(=O)c2ccc(NC(=O)c3cc4cnn(C(C)C)c4nc3C)cc2)CC1. The largest absolute Gasteiger partial charge is 0.322 e. The molecule has 4 rings (SSSR count). The summed E-state index contributed by atoms with van der Waals surface area (Å²) in [5.74, 6) is -0.300. The summed E-state index contributed by atoms with van der Waals surface area (Å²) in [6.45, 7) is 11.3. The van der Waals surface area contributed by atoms with Crippen molar-refractivity contribution < 1.29 is 13.2 Å². The Kier molecular flexibility index (Phi) is 6.51. The molecule has 1 N–H and O–H groups in total. The maximum absolute atomic E-state index is 13.0. The number of sulfonamides is 1. The second-order valence-corrected chi connectivity index (χ2v) is 10.5. The fourth-order valence-corrected chi connectivity index (χ4v) is 5.44. The molecule has 1 saturated heterocycles. The van der Waals surface area contributed by atoms with Crippen molar-refractivity contribution in [1.82, 2.24) is 24.0 Å². The van der Waals surface area contributed by atoms with Gasteiger partial charge in [-0.15, -0.1) is 0 Å². The van der Waals surface area contributed by atoms with Gasteiger partial charge in [0.15, 0.2) is 5.65 Å². The van der Waals surface area contributed by atoms with Crippen LogP contribution in [-0.4, -0.2) is 71.0 Å². The van der Waals surface area contributed by atoms with E-state index in [1.54, 1.807) is 31.3 Å². The number of rotatable bonds is 6. The van der Waals surface area contributed by atoms with Crippen molar-refractivity contribution in [2.75, 3.05) is 38.0 Å². The number of aromatic nitrogens is 3. The predicted molar refractivity (Wildman–Crippen MR) is 128 cm³/mol. The highest BCUT2D eigenvalue weighted by Crippen LogP contribution is 2.22. The summed E-state index contributed by atoms with van der Waals surface area (Å²) >= 11 is 0. The quantitative estimate of drug-likeness (QED) is 0.595. The number of aryl methyl sites for hydroxylation is 1. The lowest BCUT2D eigenvalue weighted by molar-refractivity contribution is 0.102. The number of hydrogen-bond donors (Lipinski definition) is 1. The Bertz CT molecular complexity index is 1260. The monoisotopic (exact) mass is 470 g/mol. The second-order valence-electron chi connectivity index (χ2n) is 8.53. The van der Waals surface area contributed by atoms with Crippen LogP contribution in [0.1, 0.15) is 42.9 Å². The zero-order chi connectivity index (χ0) is 23.8. The Morgan fingerprint density at radius 3 is 2.39 bits per heavy atom. The maximum Gasteiger partial charge on any atom is 0.257 e. The molecule has 0 bridgehead atoms. The smallest absolute Gasteiger partial charge is 0.257 e. The highest BCUT2D eigenvalue weighted by Gasteiger charge is 2.28. The summed E-state index contributed by atoms with van der Waals surface area (Å²) in [5, 5.41) is 8.00. The van der Waals surface area contributed by atoms with E-state index in [0.717, 1.165) is 30.7 Å². The minimum absolute atomic E-state index is 0.166. The van der Waals surface area contributed by atoms with Crippen LogP contribution in [0.15, 0.2) is 41.4 Å². The number of piperazine rings is 1. The van der Waals surface area contributed by atoms with E-state index in [0.29, 0.717) is 30.0 Å². The summed E-state index contributed by atoms with van der Waals surface area (Å²) in [4.78, 5) is 19.9. The number of fused-ring (bicyclic) bond motifs is 1. The third kappa shape index (κ3) is 4.64. The van der Waals surface area contributed by atoms with Crippen LogP contribution in [0.5, 0.6) is 0 Å². The van der Waals surface area contributed by atoms with Gasteiger partial charge in [0, 0.05) is 43.3 Å². The molecule has 0 unspecified atom stereocenters. The van der Waals surface area contributed by atoms with Crippen LogP contribution >= 0.6 is 0 Å². The van der Waals surface area contributed by atoms with Gasteiger partial charge in [-0.25, -0.2) is 18.1 Å². The second kappa shape index (κ2) is 9.20. The van der Waals surface area contributed by atoms with E-state index in [9.17, 15) is 13.2 Å². The van der Waals surface area contributed by atoms with E-state index in [2.05, 4.69) is 27.2 Å². The van der Waals surface area contributed by atoms with Crippen LogP contribution in [0, 0.1) is 6.92 Å². The van der Waals surface area contributed by atoms with Gasteiger partial charge in [0.1, 0.15) is 0 Å². The molecule has 33 heavy (non-hydrogen) atoms. The molecule has 3 heterocycles. The lowest BCUT2D eigenvalue weighted by Gasteiger charge is -2.33. The molecule has 0 spiro atoms. The Labute approximate surface area is 194 Å². The number of likely N-dealkylation sites (N-methyl/N-ethyl adjacent to an activating group) is 1. The van der Waals surface area contributed by atoms with Crippen LogP contribution in [0.25, 0.3) is 11.0 Å². The van der Waals surface area contributed by atoms with Crippen molar-refractivity contribution in [3.63, 3.8) is 0 Å². The number of pyridine rings is 1. The maximum atomic E-state index is 13.0. The first-order valence-corrected chi connectivity index (χ1v) is 12.6. The lowest BCUT2D eigenvalue weighted by atomic mass is 10.1. The van der Waals surface area contributed by atoms with E-state index in [1.165, 1.54) is 16.4 Å². The Balaban J connectivity index is 1.49. The molecule has 176 valence electrons. The molecule has 2 aromatic heterocycles. The molecule has 0 radical (unpaired) electrons. The minimum Gasteiger partial charge on any atom is -0.322 e. The van der Waals surface area contributed by atoms with Crippen LogP contribution in [-0.2, 0) is 10.0 Å². The van der Waals surface area contributed by atoms with E-state index >= 15 is 0 Å². The van der Waals surface area contributed by atoms with Gasteiger partial charge >= 0.3 is 0 Å². The van der Waals surface area contributed by atoms with E-state index in [4.69, 9.17) is 0 Å². The molecule has 9 nitrogen and oxygen atoms in total. The lowest BCUT2D eigenvalue weighted by Crippen LogP contribution is -2.48. The average molecular weight is 471 g/mol. The van der Waals surface area contributed by atoms with Crippen molar-refractivity contribution in [2.45, 2.75) is 38.6 Å². The molecule has 0 aliphatic carbocycles. The number of nitrogens with zero attached hydrogens (tertiary/aromatic N) is 5. The van der Waals surface area contributed by atoms with Crippen LogP contribution in [0.4, 0.5) is 5.69 Å². The molecular weight excluding hydrogens is 440 g/mol. The number of benzene rings is 1. The van der Waals surface area contributed by atoms with Crippen molar-refractivity contribution in [3.05, 3.63) is 47.8 Å². The van der Waals surface area contributed by atoms with Gasteiger partial charge in [0.25, 0.3) is 5.91 Å². The van der Waals surface area contributed by atoms with E-state index in [1.807, 2.05) is 18.5 Å². The number of carbonyl (C=O) groups is 1. The minimum atomic E-state index is -3.55. The number of carbonyl (C=O) groups excluding carboxylic acids is 1. The van der Waals surface area contributed by atoms with Crippen molar-refractivity contribution >= 4 is 32.7 Å². The zero-order valence-corrected chi connectivity index (χ0v) is 20.3. The van der Waals surface area contributed by atoms with Gasteiger partial charge in [-0.05, 0) is 57.6 Å². The highest BCUT2D eigenvalue weighted by atomic mass is 32.2. The molecular formula is C23H30N6O3S. The summed E-state index contributed by atoms with van der Waals surface area (Å²) in [7, 11) is -3.55. The molecule has 0 atom stereocenters. The van der Waals surface area contributed by atoms with Crippen molar-refractivity contribution in [3.8, 4) is 0 Å². The van der Waals surface area contributed by atoms with Crippen LogP contribution in [0.2, 0.25) is 0 Å². The first-order valence-electron chi connectivity index (χ1n) is 11.2. The number of anilines is 1. The third-order valence-electron chi connectivity index (χ3n) is 6.02. The summed E-state index contributed by atoms with van der Waals surface area (Å²) in [6, 6.07) is 8.26. The van der Waals surface area contributed by atoms with Crippen molar-refractivity contribution in [1.29, 1.82) is 0 Å². The first kappa shape index (κ1) is 23.3. The number of hydrogen-bond acceptors (Lipinski definition) is 6. The summed E-state index contributed by atoms with van der Waals surface area (Å²) in [5.41, 5.74) is 2.32. The average Bonchev–Trinajstić information content (AvgIpc) is 3.22. The van der Waals surface area contributed by atoms with E-state index in [-0.39, 0.29) is 16.8 Å². The molecule has 1 fully saturated rings. The topological polar surface area (TPSA) is 100 Å². The number of nitrogens with one attached hydrogen (secondary N) is 1. The Hall–Kier alpha value is -2.82. The van der Waals surface area contributed by atoms with Crippen LogP contribution in [0.3, 0.4) is 0 Å². The van der Waals surface area contributed by atoms with Gasteiger partial charge in [-0.2, -0.15) is 9.40 Å². The van der Waals surface area contributed by atoms with Gasteiger partial charge in [0.05, 0.1) is 22.3 Å². The Morgan fingerprint density at radius 1 is 1.12 bits per heavy atom. The fourth-order valence-electron chi connectivity index (χ4n) is 4.02. The first-order chi connectivity index (χ1) is 15.7. The van der Waals surface area contributed by atoms with Crippen LogP contribution < -0.4 is 5.32 Å². The number of amides is 1. The predicted octanol–water partition coefficient (Wildman–Crippen LogP) is 2.90. The standard InChI is InChI=1S/C23H30N6O3S/c1-5-27-10-12-28(13-11-27)33(31,32)20-8-6-19(7-9-20)26-23(30)21-14-18-15-24-29(16(2)3)22(18)25-17(21)4/h6-9,14-16H,5,10-13H2,1-4H3,(H,26,30). The van der Waals surface area contributed by atoms with E-state index < -0.39 is 10.0 Å². The Morgan fingerprint density at radius 2 is 1.79 bits per heavy atom. The molecule has 1 aliphatic heterocycles. The third-order valence-corrected chi connectivity index (χ3v) is 7.93. The highest BCUT2D eigenvalue weighted by molar-refractivity contribution is 7.89. The normalized spacial score (nSPS) is 15.9. The molecule has 1 aromatic carbocycles. The molecule has 3 aromatic rings. The molecule has 0 saturated carbocycles. The molecule has 1 amide bonds. The van der Waals surface area contributed by atoms with Gasteiger partial charge in [-0.3, -0.25) is 4.79 Å². The molecule has 10 heteroatoms. The molecule has 1 aliphatic rings. The fraction of sp³-hybridized carbons (Fsp3) is 0.435. The van der Waals surface area contributed by atoms with Gasteiger partial charge < -0.3 is 10.2 Å². The summed E-state index contributed by atoms with van der Waals surface area (Å²) < 4.78 is 29.3. The van der Waals surface area contributed by atoms with Gasteiger partial charge in [-0.1, -0.05) is 6.92 Å².